The number of furan rings is 1. The molecule has 1 aromatic heterocycles. The highest BCUT2D eigenvalue weighted by Crippen LogP contribution is 2.64. The summed E-state index contributed by atoms with van der Waals surface area (Å²) in [6.07, 6.45) is 0. The molecule has 1 aliphatic carbocycles. The summed E-state index contributed by atoms with van der Waals surface area (Å²) in [5.41, 5.74) is 20.0. The van der Waals surface area contributed by atoms with Gasteiger partial charge in [-0.15, -0.1) is 0 Å². The maximum absolute atomic E-state index is 6.71. The highest BCUT2D eigenvalue weighted by molar-refractivity contribution is 6.11. The van der Waals surface area contributed by atoms with Crippen LogP contribution in [0.15, 0.2) is 247 Å². The second kappa shape index (κ2) is 14.3. The molecule has 1 aliphatic heterocycles. The van der Waals surface area contributed by atoms with Gasteiger partial charge in [-0.3, -0.25) is 0 Å². The van der Waals surface area contributed by atoms with E-state index in [9.17, 15) is 0 Å². The summed E-state index contributed by atoms with van der Waals surface area (Å²) in [5, 5.41) is 2.23. The Labute approximate surface area is 372 Å². The van der Waals surface area contributed by atoms with Crippen molar-refractivity contribution in [2.75, 3.05) is 9.80 Å². The van der Waals surface area contributed by atoms with Crippen molar-refractivity contribution in [3.05, 3.63) is 265 Å². The van der Waals surface area contributed by atoms with Crippen LogP contribution < -0.4 is 9.80 Å². The first-order valence-corrected chi connectivity index (χ1v) is 22.0. The van der Waals surface area contributed by atoms with Gasteiger partial charge in [0.15, 0.2) is 0 Å². The molecule has 13 rings (SSSR count). The number of benzene rings is 10. The number of para-hydroxylation sites is 6. The van der Waals surface area contributed by atoms with Crippen LogP contribution in [-0.2, 0) is 5.41 Å². The fourth-order valence-corrected chi connectivity index (χ4v) is 10.8. The Morgan fingerprint density at radius 3 is 1.67 bits per heavy atom. The molecule has 64 heavy (non-hydrogen) atoms. The van der Waals surface area contributed by atoms with Gasteiger partial charge in [-0.2, -0.15) is 0 Å². The van der Waals surface area contributed by atoms with Gasteiger partial charge in [0.25, 0.3) is 0 Å². The van der Waals surface area contributed by atoms with Crippen LogP contribution in [0.25, 0.3) is 55.3 Å². The van der Waals surface area contributed by atoms with Crippen LogP contribution >= 0.6 is 0 Å². The van der Waals surface area contributed by atoms with Crippen LogP contribution in [0.1, 0.15) is 22.3 Å². The Morgan fingerprint density at radius 1 is 0.359 bits per heavy atom. The molecule has 10 aromatic carbocycles. The van der Waals surface area contributed by atoms with E-state index in [0.29, 0.717) is 0 Å². The average molecular weight is 817 g/mol. The van der Waals surface area contributed by atoms with Gasteiger partial charge in [0, 0.05) is 39.0 Å². The Balaban J connectivity index is 1.08. The topological polar surface area (TPSA) is 19.6 Å². The van der Waals surface area contributed by atoms with Crippen LogP contribution in [0.5, 0.6) is 0 Å². The molecular weight excluding hydrogens is 777 g/mol. The van der Waals surface area contributed by atoms with E-state index in [1.165, 1.54) is 55.9 Å². The molecule has 11 aromatic rings. The minimum Gasteiger partial charge on any atom is -0.455 e. The van der Waals surface area contributed by atoms with Crippen molar-refractivity contribution in [3.63, 3.8) is 0 Å². The Bertz CT molecular complexity index is 3520. The lowest BCUT2D eigenvalue weighted by molar-refractivity contribution is 0.670. The smallest absolute Gasteiger partial charge is 0.143 e. The molecule has 3 nitrogen and oxygen atoms in total. The van der Waals surface area contributed by atoms with E-state index in [1.54, 1.807) is 0 Å². The molecule has 0 amide bonds. The lowest BCUT2D eigenvalue weighted by Crippen LogP contribution is -2.36. The second-order valence-electron chi connectivity index (χ2n) is 16.8. The summed E-state index contributed by atoms with van der Waals surface area (Å²) in [4.78, 5) is 4.88. The summed E-state index contributed by atoms with van der Waals surface area (Å²) < 4.78 is 6.71. The highest BCUT2D eigenvalue weighted by Gasteiger charge is 2.51. The number of anilines is 6. The van der Waals surface area contributed by atoms with Gasteiger partial charge in [-0.1, -0.05) is 182 Å². The average Bonchev–Trinajstić information content (AvgIpc) is 3.89. The van der Waals surface area contributed by atoms with Crippen molar-refractivity contribution in [2.45, 2.75) is 5.41 Å². The van der Waals surface area contributed by atoms with E-state index in [4.69, 9.17) is 4.42 Å². The standard InChI is InChI=1S/C61H40N2O/c1-3-18-41(19-4-1)42-34-36-44(37-35-42)62(56-30-13-8-23-48(56)50-25-17-26-51-49-24-9-16-33-59(49)64-60(50)51)45-38-39-47-46-22-7-10-27-52(46)61(55(47)40-45)53-28-11-14-31-57(53)63(43-20-5-2-6-21-43)58-32-15-12-29-54(58)61/h1-40H. The van der Waals surface area contributed by atoms with Crippen LogP contribution in [-0.4, -0.2) is 0 Å². The third kappa shape index (κ3) is 5.28. The van der Waals surface area contributed by atoms with Crippen LogP contribution in [0.2, 0.25) is 0 Å². The number of rotatable bonds is 6. The first kappa shape index (κ1) is 36.3. The van der Waals surface area contributed by atoms with E-state index >= 15 is 0 Å². The fraction of sp³-hybridized carbons (Fsp3) is 0.0164. The molecular formula is C61H40N2O. The molecule has 0 atom stereocenters. The van der Waals surface area contributed by atoms with Gasteiger partial charge in [-0.25, -0.2) is 0 Å². The van der Waals surface area contributed by atoms with E-state index in [2.05, 4.69) is 246 Å². The maximum atomic E-state index is 6.71. The zero-order valence-electron chi connectivity index (χ0n) is 34.9. The lowest BCUT2D eigenvalue weighted by atomic mass is 9.64. The highest BCUT2D eigenvalue weighted by atomic mass is 16.3. The van der Waals surface area contributed by atoms with Gasteiger partial charge in [-0.05, 0) is 105 Å². The van der Waals surface area contributed by atoms with Crippen molar-refractivity contribution < 1.29 is 4.42 Å². The van der Waals surface area contributed by atoms with Crippen molar-refractivity contribution in [1.29, 1.82) is 0 Å². The summed E-state index contributed by atoms with van der Waals surface area (Å²) in [7, 11) is 0. The second-order valence-corrected chi connectivity index (χ2v) is 16.8. The van der Waals surface area contributed by atoms with Gasteiger partial charge >= 0.3 is 0 Å². The van der Waals surface area contributed by atoms with Crippen molar-refractivity contribution >= 4 is 56.1 Å². The molecule has 0 fully saturated rings. The monoisotopic (exact) mass is 816 g/mol. The van der Waals surface area contributed by atoms with Crippen molar-refractivity contribution in [2.24, 2.45) is 0 Å². The number of nitrogens with zero attached hydrogens (tertiary/aromatic N) is 2. The minimum absolute atomic E-state index is 0.595. The van der Waals surface area contributed by atoms with E-state index in [-0.39, 0.29) is 0 Å². The molecule has 0 N–H and O–H groups in total. The Hall–Kier alpha value is -8.40. The summed E-state index contributed by atoms with van der Waals surface area (Å²) in [6, 6.07) is 88.3. The van der Waals surface area contributed by atoms with E-state index < -0.39 is 5.41 Å². The van der Waals surface area contributed by atoms with Gasteiger partial charge in [0.1, 0.15) is 11.2 Å². The van der Waals surface area contributed by atoms with Crippen LogP contribution in [0.3, 0.4) is 0 Å². The molecule has 0 saturated carbocycles. The van der Waals surface area contributed by atoms with Crippen molar-refractivity contribution in [3.8, 4) is 33.4 Å². The Morgan fingerprint density at radius 2 is 0.906 bits per heavy atom. The molecule has 1 spiro atoms. The zero-order valence-corrected chi connectivity index (χ0v) is 34.9. The minimum atomic E-state index is -0.595. The van der Waals surface area contributed by atoms with Gasteiger partial charge < -0.3 is 14.2 Å². The molecule has 3 heteroatoms. The third-order valence-corrected chi connectivity index (χ3v) is 13.5. The quantitative estimate of drug-likeness (QED) is 0.167. The van der Waals surface area contributed by atoms with Crippen LogP contribution in [0, 0.1) is 0 Å². The lowest BCUT2D eigenvalue weighted by Gasteiger charge is -2.45. The number of fused-ring (bicyclic) bond motifs is 12. The zero-order chi connectivity index (χ0) is 42.2. The summed E-state index contributed by atoms with van der Waals surface area (Å²) in [5.74, 6) is 0. The maximum Gasteiger partial charge on any atom is 0.143 e. The molecule has 0 unspecified atom stereocenters. The molecule has 300 valence electrons. The predicted molar refractivity (Wildman–Crippen MR) is 265 cm³/mol. The first-order chi connectivity index (χ1) is 31.8. The van der Waals surface area contributed by atoms with E-state index in [1.807, 2.05) is 6.07 Å². The normalized spacial score (nSPS) is 13.1. The van der Waals surface area contributed by atoms with Crippen LogP contribution in [0.4, 0.5) is 34.1 Å². The fourth-order valence-electron chi connectivity index (χ4n) is 10.8. The number of hydrogen-bond donors (Lipinski definition) is 0. The van der Waals surface area contributed by atoms with Crippen molar-refractivity contribution in [1.82, 2.24) is 0 Å². The van der Waals surface area contributed by atoms with Gasteiger partial charge in [0.2, 0.25) is 0 Å². The predicted octanol–water partition coefficient (Wildman–Crippen LogP) is 16.5. The largest absolute Gasteiger partial charge is 0.455 e. The summed E-state index contributed by atoms with van der Waals surface area (Å²) >= 11 is 0. The first-order valence-electron chi connectivity index (χ1n) is 22.0. The molecule has 0 radical (unpaired) electrons. The Kier molecular flexibility index (Phi) is 8.13. The summed E-state index contributed by atoms with van der Waals surface area (Å²) in [6.45, 7) is 0. The molecule has 2 heterocycles. The third-order valence-electron chi connectivity index (χ3n) is 13.5. The van der Waals surface area contributed by atoms with Gasteiger partial charge in [0.05, 0.1) is 22.5 Å². The molecule has 0 saturated heterocycles. The molecule has 0 bridgehead atoms. The molecule has 2 aliphatic rings. The number of hydrogen-bond acceptors (Lipinski definition) is 3. The SMILES string of the molecule is c1ccc(-c2ccc(N(c3ccc4c(c3)C3(c5ccccc5-4)c4ccccc4N(c4ccccc4)c4ccccc43)c3ccccc3-c3cccc4c3oc3ccccc34)cc2)cc1. The van der Waals surface area contributed by atoms with E-state index in [0.717, 1.165) is 55.8 Å².